The Kier molecular flexibility index (Phi) is 8.28. The lowest BCUT2D eigenvalue weighted by molar-refractivity contribution is -0.383. The highest BCUT2D eigenvalue weighted by molar-refractivity contribution is 5.69. The van der Waals surface area contributed by atoms with Gasteiger partial charge in [-0.3, -0.25) is 15.0 Å². The molecule has 1 aliphatic heterocycles. The highest BCUT2D eigenvalue weighted by Crippen LogP contribution is 2.30. The van der Waals surface area contributed by atoms with Crippen LogP contribution in [0.25, 0.3) is 11.5 Å². The number of nitro groups is 1. The molecule has 0 spiro atoms. The number of rotatable bonds is 10. The summed E-state index contributed by atoms with van der Waals surface area (Å²) in [6.07, 6.45) is 0.672. The van der Waals surface area contributed by atoms with Crippen molar-refractivity contribution in [3.8, 4) is 11.5 Å². The van der Waals surface area contributed by atoms with Crippen LogP contribution in [-0.4, -0.2) is 85.8 Å². The molecule has 0 aliphatic carbocycles. The lowest BCUT2D eigenvalue weighted by Gasteiger charge is -2.43. The van der Waals surface area contributed by atoms with E-state index in [2.05, 4.69) is 10.3 Å². The van der Waals surface area contributed by atoms with Crippen molar-refractivity contribution in [2.24, 2.45) is 0 Å². The lowest BCUT2D eigenvalue weighted by atomic mass is 9.93. The van der Waals surface area contributed by atoms with Crippen LogP contribution in [0, 0.1) is 10.1 Å². The van der Waals surface area contributed by atoms with E-state index < -0.39 is 29.3 Å². The first-order valence-corrected chi connectivity index (χ1v) is 11.8. The van der Waals surface area contributed by atoms with Crippen molar-refractivity contribution in [1.29, 1.82) is 0 Å². The molecule has 4 atom stereocenters. The third-order valence-corrected chi connectivity index (χ3v) is 6.53. The Labute approximate surface area is 207 Å². The largest absolute Gasteiger partial charge is 0.445 e. The third-order valence-electron chi connectivity index (χ3n) is 6.53. The highest BCUT2D eigenvalue weighted by Gasteiger charge is 2.40. The number of benzene rings is 2. The Morgan fingerprint density at radius 2 is 1.81 bits per heavy atom. The number of hydrogen-bond donors (Lipinski definition) is 5. The highest BCUT2D eigenvalue weighted by atomic mass is 16.6. The van der Waals surface area contributed by atoms with Crippen LogP contribution in [0.3, 0.4) is 0 Å². The van der Waals surface area contributed by atoms with Crippen molar-refractivity contribution in [2.45, 2.75) is 37.2 Å². The Balaban J connectivity index is 1.30. The van der Waals surface area contributed by atoms with Crippen LogP contribution in [0.4, 0.5) is 11.4 Å². The van der Waals surface area contributed by atoms with Gasteiger partial charge in [-0.05, 0) is 36.1 Å². The maximum atomic E-state index is 11.5. The number of piperidine rings is 1. The van der Waals surface area contributed by atoms with E-state index in [0.717, 1.165) is 11.1 Å². The number of nitrogens with one attached hydrogen (secondary N) is 1. The summed E-state index contributed by atoms with van der Waals surface area (Å²) in [5.41, 5.74) is 3.01. The molecule has 0 bridgehead atoms. The first-order chi connectivity index (χ1) is 17.4. The van der Waals surface area contributed by atoms with E-state index in [4.69, 9.17) is 4.42 Å². The summed E-state index contributed by atoms with van der Waals surface area (Å²) in [5, 5.41) is 54.2. The third kappa shape index (κ3) is 5.89. The van der Waals surface area contributed by atoms with E-state index >= 15 is 0 Å². The number of nitrogens with zero attached hydrogens (tertiary/aromatic N) is 3. The second-order valence-electron chi connectivity index (χ2n) is 8.86. The van der Waals surface area contributed by atoms with Gasteiger partial charge in [-0.2, -0.15) is 0 Å². The van der Waals surface area contributed by atoms with E-state index in [-0.39, 0.29) is 18.8 Å². The first kappa shape index (κ1) is 25.7. The first-order valence-electron chi connectivity index (χ1n) is 11.8. The van der Waals surface area contributed by atoms with Gasteiger partial charge in [-0.25, -0.2) is 4.98 Å². The second kappa shape index (κ2) is 11.6. The van der Waals surface area contributed by atoms with Crippen LogP contribution in [-0.2, 0) is 12.8 Å². The molecule has 0 amide bonds. The van der Waals surface area contributed by atoms with Crippen LogP contribution < -0.4 is 5.32 Å². The lowest BCUT2D eigenvalue weighted by Crippen LogP contribution is -2.62. The summed E-state index contributed by atoms with van der Waals surface area (Å²) in [5.74, 6) is 0.321. The van der Waals surface area contributed by atoms with E-state index in [0.29, 0.717) is 43.1 Å². The summed E-state index contributed by atoms with van der Waals surface area (Å²) in [6.45, 7) is 0.888. The number of β-amino-alcohol motifs (C(OH)–C–C–N with tert-alkyl or cyclic N) is 1. The normalized spacial score (nSPS) is 22.4. The minimum atomic E-state index is -1.27. The van der Waals surface area contributed by atoms with Crippen LogP contribution in [0.2, 0.25) is 0 Å². The van der Waals surface area contributed by atoms with Crippen LogP contribution in [0.5, 0.6) is 0 Å². The molecule has 1 fully saturated rings. The average molecular weight is 499 g/mol. The Bertz CT molecular complexity index is 1140. The quantitative estimate of drug-likeness (QED) is 0.203. The summed E-state index contributed by atoms with van der Waals surface area (Å²) >= 11 is 0. The van der Waals surface area contributed by atoms with Crippen LogP contribution in [0.15, 0.2) is 59.3 Å². The zero-order chi connectivity index (χ0) is 25.7. The molecule has 36 heavy (non-hydrogen) atoms. The molecule has 11 nitrogen and oxygen atoms in total. The molecule has 11 heteroatoms. The fourth-order valence-electron chi connectivity index (χ4n) is 4.45. The predicted molar refractivity (Wildman–Crippen MR) is 131 cm³/mol. The van der Waals surface area contributed by atoms with Crippen molar-refractivity contribution in [3.05, 3.63) is 76.2 Å². The zero-order valence-electron chi connectivity index (χ0n) is 19.6. The van der Waals surface area contributed by atoms with E-state index in [9.17, 15) is 30.5 Å². The molecule has 4 unspecified atom stereocenters. The van der Waals surface area contributed by atoms with Gasteiger partial charge in [0.25, 0.3) is 5.69 Å². The van der Waals surface area contributed by atoms with Gasteiger partial charge in [0.2, 0.25) is 5.89 Å². The minimum absolute atomic E-state index is 0.0531. The molecular weight excluding hydrogens is 468 g/mol. The Morgan fingerprint density at radius 3 is 2.44 bits per heavy atom. The molecule has 2 heterocycles. The zero-order valence-corrected chi connectivity index (χ0v) is 19.6. The van der Waals surface area contributed by atoms with Gasteiger partial charge in [0.05, 0.1) is 29.9 Å². The summed E-state index contributed by atoms with van der Waals surface area (Å²) in [4.78, 5) is 16.9. The van der Waals surface area contributed by atoms with E-state index in [1.807, 2.05) is 24.3 Å². The molecule has 2 aromatic carbocycles. The standard InChI is InChI=1S/C25H30N4O7/c30-15-21-23(32)24(33)22(31)14-28(21)11-8-17-3-1-16(2-4-17)7-9-26-19-6-5-18(13-20(19)29(34)35)25-27-10-12-36-25/h1-6,10,12-13,21-24,26,30-33H,7-9,11,14-15H2. The van der Waals surface area contributed by atoms with Crippen molar-refractivity contribution in [2.75, 3.05) is 31.6 Å². The maximum absolute atomic E-state index is 11.5. The SMILES string of the molecule is O=[N+]([O-])c1cc(-c2ncco2)ccc1NCCc1ccc(CCN2CC(O)C(O)C(O)C2CO)cc1. The molecule has 0 radical (unpaired) electrons. The Morgan fingerprint density at radius 1 is 1.08 bits per heavy atom. The fourth-order valence-corrected chi connectivity index (χ4v) is 4.45. The number of aromatic nitrogens is 1. The van der Waals surface area contributed by atoms with Crippen molar-refractivity contribution < 1.29 is 29.8 Å². The Hall–Kier alpha value is -3.35. The summed E-state index contributed by atoms with van der Waals surface area (Å²) < 4.78 is 5.22. The van der Waals surface area contributed by atoms with Crippen LogP contribution in [0.1, 0.15) is 11.1 Å². The van der Waals surface area contributed by atoms with Crippen LogP contribution >= 0.6 is 0 Å². The van der Waals surface area contributed by atoms with Gasteiger partial charge >= 0.3 is 0 Å². The number of aliphatic hydroxyl groups excluding tert-OH is 4. The number of nitro benzene ring substituents is 1. The molecule has 1 aliphatic rings. The minimum Gasteiger partial charge on any atom is -0.445 e. The maximum Gasteiger partial charge on any atom is 0.293 e. The van der Waals surface area contributed by atoms with E-state index in [1.165, 1.54) is 18.5 Å². The van der Waals surface area contributed by atoms with Gasteiger partial charge in [-0.1, -0.05) is 24.3 Å². The van der Waals surface area contributed by atoms with Gasteiger partial charge in [0.15, 0.2) is 0 Å². The monoisotopic (exact) mass is 498 g/mol. The molecule has 0 saturated carbocycles. The molecule has 3 aromatic rings. The van der Waals surface area contributed by atoms with Gasteiger partial charge < -0.3 is 30.2 Å². The average Bonchev–Trinajstić information content (AvgIpc) is 3.42. The number of oxazole rings is 1. The molecule has 4 rings (SSSR count). The van der Waals surface area contributed by atoms with Gasteiger partial charge in [0.1, 0.15) is 24.2 Å². The topological polar surface area (TPSA) is 165 Å². The number of aliphatic hydroxyl groups is 4. The van der Waals surface area contributed by atoms with Crippen molar-refractivity contribution >= 4 is 11.4 Å². The van der Waals surface area contributed by atoms with Crippen molar-refractivity contribution in [1.82, 2.24) is 9.88 Å². The number of hydrogen-bond acceptors (Lipinski definition) is 10. The molecule has 1 aromatic heterocycles. The number of likely N-dealkylation sites (tertiary alicyclic amines) is 1. The van der Waals surface area contributed by atoms with Crippen molar-refractivity contribution in [3.63, 3.8) is 0 Å². The molecule has 5 N–H and O–H groups in total. The van der Waals surface area contributed by atoms with E-state index in [1.54, 1.807) is 17.0 Å². The number of anilines is 1. The van der Waals surface area contributed by atoms with Gasteiger partial charge in [-0.15, -0.1) is 0 Å². The summed E-state index contributed by atoms with van der Waals surface area (Å²) in [7, 11) is 0. The fraction of sp³-hybridized carbons (Fsp3) is 0.400. The molecule has 1 saturated heterocycles. The second-order valence-corrected chi connectivity index (χ2v) is 8.86. The van der Waals surface area contributed by atoms with Gasteiger partial charge in [0, 0.05) is 31.3 Å². The smallest absolute Gasteiger partial charge is 0.293 e. The predicted octanol–water partition coefficient (Wildman–Crippen LogP) is 1.21. The molecular formula is C25H30N4O7. The molecule has 192 valence electrons. The summed E-state index contributed by atoms with van der Waals surface area (Å²) in [6, 6.07) is 12.1.